The number of benzene rings is 1. The molecule has 3 aromatic rings. The van der Waals surface area contributed by atoms with Crippen LogP contribution in [-0.4, -0.2) is 22.6 Å². The minimum atomic E-state index is -4.79. The maximum atomic E-state index is 14.2. The number of carbonyl (C=O) groups is 1. The maximum Gasteiger partial charge on any atom is 0.471 e. The van der Waals surface area contributed by atoms with Crippen molar-refractivity contribution in [3.8, 4) is 11.4 Å². The Morgan fingerprint density at radius 3 is 2.69 bits per heavy atom. The third-order valence-corrected chi connectivity index (χ3v) is 4.31. The molecule has 0 aliphatic rings. The third kappa shape index (κ3) is 4.07. The van der Waals surface area contributed by atoms with Crippen molar-refractivity contribution in [2.45, 2.75) is 12.6 Å². The predicted octanol–water partition coefficient (Wildman–Crippen LogP) is 3.93. The van der Waals surface area contributed by atoms with Gasteiger partial charge in [-0.05, 0) is 30.0 Å². The zero-order chi connectivity index (χ0) is 18.7. The van der Waals surface area contributed by atoms with Crippen LogP contribution >= 0.6 is 11.3 Å². The van der Waals surface area contributed by atoms with Crippen LogP contribution in [0.1, 0.15) is 21.1 Å². The lowest BCUT2D eigenvalue weighted by Crippen LogP contribution is -2.26. The normalized spacial score (nSPS) is 11.5. The van der Waals surface area contributed by atoms with Crippen LogP contribution in [0.25, 0.3) is 11.4 Å². The fourth-order valence-electron chi connectivity index (χ4n) is 2.14. The zero-order valence-corrected chi connectivity index (χ0v) is 13.8. The number of hydrogen-bond acceptors (Lipinski definition) is 5. The molecule has 2 aromatic heterocycles. The van der Waals surface area contributed by atoms with Crippen molar-refractivity contribution in [2.24, 2.45) is 0 Å². The quantitative estimate of drug-likeness (QED) is 0.676. The van der Waals surface area contributed by atoms with Crippen molar-refractivity contribution in [3.63, 3.8) is 0 Å². The van der Waals surface area contributed by atoms with E-state index in [1.165, 1.54) is 6.07 Å². The lowest BCUT2D eigenvalue weighted by Gasteiger charge is -2.06. The number of carbonyl (C=O) groups excluding carboxylic acids is 1. The van der Waals surface area contributed by atoms with Gasteiger partial charge in [0, 0.05) is 17.0 Å². The number of rotatable bonds is 5. The average Bonchev–Trinajstić information content (AvgIpc) is 3.26. The number of nitrogens with zero attached hydrogens (tertiary/aromatic N) is 2. The second-order valence-electron chi connectivity index (χ2n) is 5.20. The minimum Gasteiger partial charge on any atom is -0.352 e. The summed E-state index contributed by atoms with van der Waals surface area (Å²) in [5, 5.41) is 7.68. The van der Waals surface area contributed by atoms with Crippen molar-refractivity contribution in [1.29, 1.82) is 0 Å². The fourth-order valence-corrected chi connectivity index (χ4v) is 2.85. The van der Waals surface area contributed by atoms with Crippen LogP contribution in [0.4, 0.5) is 17.6 Å². The lowest BCUT2D eigenvalue weighted by atomic mass is 10.1. The molecule has 0 radical (unpaired) electrons. The van der Waals surface area contributed by atoms with E-state index >= 15 is 0 Å². The number of halogens is 4. The van der Waals surface area contributed by atoms with Gasteiger partial charge in [-0.1, -0.05) is 17.3 Å². The van der Waals surface area contributed by atoms with Crippen molar-refractivity contribution >= 4 is 17.2 Å². The first-order chi connectivity index (χ1) is 12.3. The van der Waals surface area contributed by atoms with Crippen molar-refractivity contribution in [1.82, 2.24) is 15.5 Å². The molecule has 0 bridgehead atoms. The van der Waals surface area contributed by atoms with E-state index in [9.17, 15) is 22.4 Å². The monoisotopic (exact) mass is 385 g/mol. The highest BCUT2D eigenvalue weighted by molar-refractivity contribution is 7.09. The Labute approximate surface area is 148 Å². The summed E-state index contributed by atoms with van der Waals surface area (Å²) in [7, 11) is 0. The van der Waals surface area contributed by atoms with Crippen LogP contribution in [-0.2, 0) is 12.6 Å². The molecule has 10 heteroatoms. The Morgan fingerprint density at radius 2 is 2.08 bits per heavy atom. The van der Waals surface area contributed by atoms with E-state index in [1.807, 2.05) is 17.5 Å². The van der Waals surface area contributed by atoms with Gasteiger partial charge in [0.05, 0.1) is 5.56 Å². The van der Waals surface area contributed by atoms with E-state index in [1.54, 1.807) is 11.3 Å². The first-order valence-electron chi connectivity index (χ1n) is 7.36. The number of nitrogens with one attached hydrogen (secondary N) is 1. The van der Waals surface area contributed by atoms with E-state index in [2.05, 4.69) is 20.0 Å². The number of alkyl halides is 3. The molecule has 0 unspecified atom stereocenters. The van der Waals surface area contributed by atoms with E-state index in [0.29, 0.717) is 13.0 Å². The summed E-state index contributed by atoms with van der Waals surface area (Å²) in [5.41, 5.74) is -0.253. The van der Waals surface area contributed by atoms with Crippen LogP contribution in [0.3, 0.4) is 0 Å². The van der Waals surface area contributed by atoms with Gasteiger partial charge in [0.1, 0.15) is 5.82 Å². The van der Waals surface area contributed by atoms with Crippen molar-refractivity contribution in [3.05, 3.63) is 57.9 Å². The van der Waals surface area contributed by atoms with Gasteiger partial charge in [-0.3, -0.25) is 4.79 Å². The Morgan fingerprint density at radius 1 is 1.27 bits per heavy atom. The van der Waals surface area contributed by atoms with Crippen LogP contribution in [0.5, 0.6) is 0 Å². The number of hydrogen-bond donors (Lipinski definition) is 1. The number of amides is 1. The number of thiophene rings is 1. The highest BCUT2D eigenvalue weighted by Crippen LogP contribution is 2.29. The number of aromatic nitrogens is 2. The smallest absolute Gasteiger partial charge is 0.352 e. The first kappa shape index (κ1) is 18.1. The molecule has 2 heterocycles. The van der Waals surface area contributed by atoms with Gasteiger partial charge in [-0.15, -0.1) is 11.3 Å². The zero-order valence-electron chi connectivity index (χ0n) is 13.0. The third-order valence-electron chi connectivity index (χ3n) is 3.38. The summed E-state index contributed by atoms with van der Waals surface area (Å²) in [6.07, 6.45) is -4.17. The largest absolute Gasteiger partial charge is 0.471 e. The molecular formula is C16H11F4N3O2S. The summed E-state index contributed by atoms with van der Waals surface area (Å²) < 4.78 is 55.7. The van der Waals surface area contributed by atoms with Crippen LogP contribution < -0.4 is 5.32 Å². The Hall–Kier alpha value is -2.75. The first-order valence-corrected chi connectivity index (χ1v) is 8.24. The molecule has 0 saturated carbocycles. The summed E-state index contributed by atoms with van der Waals surface area (Å²) >= 11 is 1.55. The molecule has 0 fully saturated rings. The maximum absolute atomic E-state index is 14.2. The SMILES string of the molecule is O=C(NCCc1cccs1)c1ccc(-c2noc(C(F)(F)F)n2)cc1F. The van der Waals surface area contributed by atoms with Crippen LogP contribution in [0.2, 0.25) is 0 Å². The van der Waals surface area contributed by atoms with Gasteiger partial charge < -0.3 is 9.84 Å². The average molecular weight is 385 g/mol. The van der Waals surface area contributed by atoms with E-state index in [0.717, 1.165) is 17.0 Å². The van der Waals surface area contributed by atoms with Crippen molar-refractivity contribution in [2.75, 3.05) is 6.54 Å². The molecule has 5 nitrogen and oxygen atoms in total. The molecule has 136 valence electrons. The minimum absolute atomic E-state index is 0.0307. The van der Waals surface area contributed by atoms with Crippen LogP contribution in [0, 0.1) is 5.82 Å². The van der Waals surface area contributed by atoms with Gasteiger partial charge in [0.15, 0.2) is 0 Å². The summed E-state index contributed by atoms with van der Waals surface area (Å²) in [6.45, 7) is 0.334. The Balaban J connectivity index is 1.68. The molecule has 1 amide bonds. The highest BCUT2D eigenvalue weighted by atomic mass is 32.1. The molecular weight excluding hydrogens is 374 g/mol. The molecule has 0 saturated heterocycles. The van der Waals surface area contributed by atoms with E-state index < -0.39 is 29.6 Å². The van der Waals surface area contributed by atoms with Crippen molar-refractivity contribution < 1.29 is 26.9 Å². The lowest BCUT2D eigenvalue weighted by molar-refractivity contribution is -0.159. The molecule has 0 aliphatic carbocycles. The van der Waals surface area contributed by atoms with Gasteiger partial charge in [0.2, 0.25) is 5.82 Å². The van der Waals surface area contributed by atoms with E-state index in [4.69, 9.17) is 0 Å². The van der Waals surface area contributed by atoms with Gasteiger partial charge >= 0.3 is 12.1 Å². The molecule has 3 rings (SSSR count). The predicted molar refractivity (Wildman–Crippen MR) is 85.1 cm³/mol. The topological polar surface area (TPSA) is 68.0 Å². The molecule has 0 aliphatic heterocycles. The second kappa shape index (κ2) is 7.24. The van der Waals surface area contributed by atoms with Crippen LogP contribution in [0.15, 0.2) is 40.2 Å². The molecule has 1 N–H and O–H groups in total. The molecule has 26 heavy (non-hydrogen) atoms. The Bertz CT molecular complexity index is 907. The standard InChI is InChI=1S/C16H11F4N3O2S/c17-12-8-9(13-22-15(25-23-13)16(18,19)20)3-4-11(12)14(24)21-6-5-10-2-1-7-26-10/h1-4,7-8H,5-6H2,(H,21,24). The van der Waals surface area contributed by atoms with Gasteiger partial charge in [-0.2, -0.15) is 18.2 Å². The summed E-state index contributed by atoms with van der Waals surface area (Å²) in [6, 6.07) is 7.12. The highest BCUT2D eigenvalue weighted by Gasteiger charge is 2.38. The molecule has 1 aromatic carbocycles. The van der Waals surface area contributed by atoms with E-state index in [-0.39, 0.29) is 11.1 Å². The summed E-state index contributed by atoms with van der Waals surface area (Å²) in [5.74, 6) is -3.45. The second-order valence-corrected chi connectivity index (χ2v) is 6.23. The Kier molecular flexibility index (Phi) is 5.03. The van der Waals surface area contributed by atoms with Gasteiger partial charge in [0.25, 0.3) is 5.91 Å². The van der Waals surface area contributed by atoms with Gasteiger partial charge in [-0.25, -0.2) is 4.39 Å². The summed E-state index contributed by atoms with van der Waals surface area (Å²) in [4.78, 5) is 16.3. The molecule has 0 spiro atoms. The molecule has 0 atom stereocenters. The fraction of sp³-hybridized carbons (Fsp3) is 0.188.